The topological polar surface area (TPSA) is 38.3 Å². The van der Waals surface area contributed by atoms with Gasteiger partial charge in [0.15, 0.2) is 12.0 Å². The van der Waals surface area contributed by atoms with Crippen molar-refractivity contribution < 1.29 is 9.53 Å². The summed E-state index contributed by atoms with van der Waals surface area (Å²) in [5.41, 5.74) is 4.15. The van der Waals surface area contributed by atoms with Crippen molar-refractivity contribution in [3.63, 3.8) is 0 Å². The second-order valence-corrected chi connectivity index (χ2v) is 6.01. The Balaban J connectivity index is 2.04. The summed E-state index contributed by atoms with van der Waals surface area (Å²) in [6.45, 7) is 7.99. The normalized spacial score (nSPS) is 21.0. The Morgan fingerprint density at radius 2 is 1.86 bits per heavy atom. The summed E-state index contributed by atoms with van der Waals surface area (Å²) in [7, 11) is 0. The van der Waals surface area contributed by atoms with E-state index < -0.39 is 6.10 Å². The van der Waals surface area contributed by atoms with Crippen LogP contribution in [0.25, 0.3) is 5.57 Å². The Labute approximate surface area is 132 Å². The minimum atomic E-state index is -0.563. The van der Waals surface area contributed by atoms with Crippen LogP contribution in [0.3, 0.4) is 0 Å². The Hall–Kier alpha value is -2.03. The van der Waals surface area contributed by atoms with Crippen molar-refractivity contribution >= 4 is 11.4 Å². The molecule has 116 valence electrons. The largest absolute Gasteiger partial charge is 0.463 e. The van der Waals surface area contributed by atoms with Gasteiger partial charge in [-0.3, -0.25) is 4.79 Å². The van der Waals surface area contributed by atoms with Gasteiger partial charge < -0.3 is 10.1 Å². The van der Waals surface area contributed by atoms with Crippen LogP contribution in [0.15, 0.2) is 36.7 Å². The predicted octanol–water partition coefficient (Wildman–Crippen LogP) is 3.39. The molecule has 3 rings (SSSR count). The zero-order chi connectivity index (χ0) is 15.7. The molecular formula is C19H23NO2. The molecule has 0 aromatic heterocycles. The molecule has 0 spiro atoms. The van der Waals surface area contributed by atoms with Crippen molar-refractivity contribution in [3.05, 3.63) is 53.4 Å². The van der Waals surface area contributed by atoms with Crippen molar-refractivity contribution in [1.82, 2.24) is 5.32 Å². The first kappa shape index (κ1) is 14.9. The molecule has 1 saturated carbocycles. The third kappa shape index (κ3) is 2.80. The van der Waals surface area contributed by atoms with Gasteiger partial charge in [-0.05, 0) is 48.4 Å². The molecule has 0 amide bonds. The average molecular weight is 297 g/mol. The standard InChI is InChI=1S/C19H23NO2/c1-4-12-9-13(5-2)11-14(10-12)17-18(21)16(6-3)22-19(17)20-15-7-8-15/h6,9-11,15-16,20H,3-5,7-8H2,1-2H3. The summed E-state index contributed by atoms with van der Waals surface area (Å²) < 4.78 is 5.79. The van der Waals surface area contributed by atoms with Gasteiger partial charge in [0.05, 0.1) is 5.57 Å². The van der Waals surface area contributed by atoms with Crippen LogP contribution in [0, 0.1) is 0 Å². The molecule has 0 radical (unpaired) electrons. The fourth-order valence-electron chi connectivity index (χ4n) is 2.76. The molecule has 1 aromatic rings. The molecular weight excluding hydrogens is 274 g/mol. The van der Waals surface area contributed by atoms with E-state index in [1.165, 1.54) is 11.1 Å². The first-order valence-electron chi connectivity index (χ1n) is 8.13. The Morgan fingerprint density at radius 1 is 1.23 bits per heavy atom. The maximum atomic E-state index is 12.7. The molecule has 1 aromatic carbocycles. The highest BCUT2D eigenvalue weighted by atomic mass is 16.5. The molecule has 0 saturated heterocycles. The first-order chi connectivity index (χ1) is 10.7. The van der Waals surface area contributed by atoms with Gasteiger partial charge in [0, 0.05) is 6.04 Å². The molecule has 1 aliphatic heterocycles. The van der Waals surface area contributed by atoms with Gasteiger partial charge >= 0.3 is 0 Å². The lowest BCUT2D eigenvalue weighted by atomic mass is 9.95. The summed E-state index contributed by atoms with van der Waals surface area (Å²) in [6, 6.07) is 6.87. The van der Waals surface area contributed by atoms with Crippen LogP contribution in [0.1, 0.15) is 43.4 Å². The van der Waals surface area contributed by atoms with E-state index in [0.29, 0.717) is 17.5 Å². The van der Waals surface area contributed by atoms with Crippen molar-refractivity contribution in [2.24, 2.45) is 0 Å². The van der Waals surface area contributed by atoms with Crippen LogP contribution >= 0.6 is 0 Å². The molecule has 0 bridgehead atoms. The number of benzene rings is 1. The van der Waals surface area contributed by atoms with Crippen molar-refractivity contribution in [3.8, 4) is 0 Å². The highest BCUT2D eigenvalue weighted by Crippen LogP contribution is 2.33. The Kier molecular flexibility index (Phi) is 4.06. The van der Waals surface area contributed by atoms with Gasteiger partial charge in [-0.15, -0.1) is 0 Å². The molecule has 1 N–H and O–H groups in total. The minimum Gasteiger partial charge on any atom is -0.463 e. The summed E-state index contributed by atoms with van der Waals surface area (Å²) in [6.07, 6.45) is 5.21. The number of hydrogen-bond donors (Lipinski definition) is 1. The third-order valence-electron chi connectivity index (χ3n) is 4.26. The maximum Gasteiger partial charge on any atom is 0.213 e. The molecule has 3 nitrogen and oxygen atoms in total. The summed E-state index contributed by atoms with van der Waals surface area (Å²) in [5, 5.41) is 3.36. The summed E-state index contributed by atoms with van der Waals surface area (Å²) in [5.74, 6) is 0.640. The van der Waals surface area contributed by atoms with Gasteiger partial charge in [0.25, 0.3) is 0 Å². The summed E-state index contributed by atoms with van der Waals surface area (Å²) in [4.78, 5) is 12.7. The zero-order valence-electron chi connectivity index (χ0n) is 13.3. The number of Topliss-reactive ketones (excluding diaryl/α,β-unsaturated/α-hetero) is 1. The van der Waals surface area contributed by atoms with Crippen molar-refractivity contribution in [2.45, 2.75) is 51.7 Å². The van der Waals surface area contributed by atoms with Crippen LogP contribution in [0.2, 0.25) is 0 Å². The van der Waals surface area contributed by atoms with E-state index in [0.717, 1.165) is 31.2 Å². The Bertz CT molecular complexity index is 619. The van der Waals surface area contributed by atoms with Crippen LogP contribution in [-0.2, 0) is 22.4 Å². The van der Waals surface area contributed by atoms with E-state index in [4.69, 9.17) is 4.74 Å². The fourth-order valence-corrected chi connectivity index (χ4v) is 2.76. The Morgan fingerprint density at radius 3 is 2.36 bits per heavy atom. The molecule has 3 heteroatoms. The lowest BCUT2D eigenvalue weighted by molar-refractivity contribution is -0.118. The van der Waals surface area contributed by atoms with E-state index in [1.807, 2.05) is 0 Å². The van der Waals surface area contributed by atoms with Crippen molar-refractivity contribution in [1.29, 1.82) is 0 Å². The van der Waals surface area contributed by atoms with E-state index >= 15 is 0 Å². The fraction of sp³-hybridized carbons (Fsp3) is 0.421. The van der Waals surface area contributed by atoms with Gasteiger partial charge in [0.1, 0.15) is 0 Å². The highest BCUT2D eigenvalue weighted by Gasteiger charge is 2.36. The number of ether oxygens (including phenoxy) is 1. The number of carbonyl (C=O) groups is 1. The van der Waals surface area contributed by atoms with Gasteiger partial charge in [0.2, 0.25) is 5.78 Å². The lowest BCUT2D eigenvalue weighted by Crippen LogP contribution is -2.18. The van der Waals surface area contributed by atoms with Gasteiger partial charge in [-0.2, -0.15) is 0 Å². The number of hydrogen-bond acceptors (Lipinski definition) is 3. The van der Waals surface area contributed by atoms with E-state index in [1.54, 1.807) is 6.08 Å². The van der Waals surface area contributed by atoms with Crippen molar-refractivity contribution in [2.75, 3.05) is 0 Å². The number of carbonyl (C=O) groups excluding carboxylic acids is 1. The maximum absolute atomic E-state index is 12.7. The highest BCUT2D eigenvalue weighted by molar-refractivity contribution is 6.25. The van der Waals surface area contributed by atoms with E-state index in [2.05, 4.69) is 43.9 Å². The summed E-state index contributed by atoms with van der Waals surface area (Å²) >= 11 is 0. The second-order valence-electron chi connectivity index (χ2n) is 6.01. The van der Waals surface area contributed by atoms with Crippen LogP contribution in [0.5, 0.6) is 0 Å². The molecule has 1 fully saturated rings. The average Bonchev–Trinajstić information content (AvgIpc) is 3.29. The predicted molar refractivity (Wildman–Crippen MR) is 88.4 cm³/mol. The van der Waals surface area contributed by atoms with Crippen LogP contribution in [0.4, 0.5) is 0 Å². The van der Waals surface area contributed by atoms with Gasteiger partial charge in [-0.25, -0.2) is 0 Å². The van der Waals surface area contributed by atoms with Crippen LogP contribution < -0.4 is 5.32 Å². The molecule has 1 unspecified atom stereocenters. The SMILES string of the molecule is C=CC1OC(NC2CC2)=C(c2cc(CC)cc(CC)c2)C1=O. The number of aryl methyl sites for hydroxylation is 2. The zero-order valence-corrected chi connectivity index (χ0v) is 13.3. The lowest BCUT2D eigenvalue weighted by Gasteiger charge is -2.10. The molecule has 1 heterocycles. The number of rotatable bonds is 6. The van der Waals surface area contributed by atoms with Crippen LogP contribution in [-0.4, -0.2) is 17.9 Å². The number of ketones is 1. The first-order valence-corrected chi connectivity index (χ1v) is 8.13. The smallest absolute Gasteiger partial charge is 0.213 e. The molecule has 22 heavy (non-hydrogen) atoms. The molecule has 1 atom stereocenters. The van der Waals surface area contributed by atoms with E-state index in [9.17, 15) is 4.79 Å². The van der Waals surface area contributed by atoms with Gasteiger partial charge in [-0.1, -0.05) is 38.6 Å². The quantitative estimate of drug-likeness (QED) is 0.818. The molecule has 1 aliphatic carbocycles. The second kappa shape index (κ2) is 5.99. The molecule has 2 aliphatic rings. The minimum absolute atomic E-state index is 0.00783. The third-order valence-corrected chi connectivity index (χ3v) is 4.26. The monoisotopic (exact) mass is 297 g/mol. The van der Waals surface area contributed by atoms with E-state index in [-0.39, 0.29) is 5.78 Å². The number of nitrogens with one attached hydrogen (secondary N) is 1.